The number of morpholine rings is 1. The van der Waals surface area contributed by atoms with Crippen LogP contribution in [0.15, 0.2) is 42.5 Å². The standard InChI is InChI=1S/C24H30N4O6/c1-27(23(30)15-25-24(31)17-4-9-20(32-2)21(14-17)33-3)16-22(29)26-18-5-7-19(8-6-18)28-10-12-34-13-11-28/h4-9,14H,10-13,15-16H2,1-3H3,(H,25,31)(H,26,29). The molecule has 0 radical (unpaired) electrons. The number of hydrogen-bond donors (Lipinski definition) is 2. The number of nitrogens with one attached hydrogen (secondary N) is 2. The maximum atomic E-state index is 12.4. The number of amides is 3. The smallest absolute Gasteiger partial charge is 0.251 e. The number of nitrogens with zero attached hydrogens (tertiary/aromatic N) is 2. The van der Waals surface area contributed by atoms with Gasteiger partial charge in [0.15, 0.2) is 11.5 Å². The van der Waals surface area contributed by atoms with Crippen LogP contribution >= 0.6 is 0 Å². The Hall–Kier alpha value is -3.79. The molecule has 0 bridgehead atoms. The summed E-state index contributed by atoms with van der Waals surface area (Å²) in [4.78, 5) is 40.6. The molecule has 34 heavy (non-hydrogen) atoms. The molecule has 0 unspecified atom stereocenters. The van der Waals surface area contributed by atoms with Gasteiger partial charge in [0.1, 0.15) is 0 Å². The number of rotatable bonds is 9. The lowest BCUT2D eigenvalue weighted by atomic mass is 10.2. The molecular formula is C24H30N4O6. The third-order valence-corrected chi connectivity index (χ3v) is 5.38. The molecule has 2 aromatic carbocycles. The van der Waals surface area contributed by atoms with Crippen molar-refractivity contribution in [2.75, 3.05) is 70.9 Å². The van der Waals surface area contributed by atoms with Gasteiger partial charge in [-0.05, 0) is 42.5 Å². The van der Waals surface area contributed by atoms with Gasteiger partial charge in [0.05, 0.1) is 40.5 Å². The highest BCUT2D eigenvalue weighted by atomic mass is 16.5. The van der Waals surface area contributed by atoms with Crippen LogP contribution in [0.25, 0.3) is 0 Å². The number of carbonyl (C=O) groups excluding carboxylic acids is 3. The molecule has 1 aliphatic rings. The molecule has 2 N–H and O–H groups in total. The summed E-state index contributed by atoms with van der Waals surface area (Å²) in [6.45, 7) is 2.69. The van der Waals surface area contributed by atoms with E-state index < -0.39 is 11.8 Å². The van der Waals surface area contributed by atoms with Gasteiger partial charge in [-0.3, -0.25) is 14.4 Å². The van der Waals surface area contributed by atoms with E-state index >= 15 is 0 Å². The molecule has 1 fully saturated rings. The van der Waals surface area contributed by atoms with Gasteiger partial charge in [0, 0.05) is 37.1 Å². The van der Waals surface area contributed by atoms with Gasteiger partial charge in [-0.1, -0.05) is 0 Å². The van der Waals surface area contributed by atoms with Gasteiger partial charge >= 0.3 is 0 Å². The van der Waals surface area contributed by atoms with E-state index in [0.29, 0.717) is 36.0 Å². The Balaban J connectivity index is 1.45. The molecule has 3 amide bonds. The molecule has 0 saturated carbocycles. The van der Waals surface area contributed by atoms with Gasteiger partial charge in [0.2, 0.25) is 11.8 Å². The van der Waals surface area contributed by atoms with Crippen LogP contribution in [-0.2, 0) is 14.3 Å². The van der Waals surface area contributed by atoms with Crippen molar-refractivity contribution in [3.05, 3.63) is 48.0 Å². The van der Waals surface area contributed by atoms with Crippen LogP contribution < -0.4 is 25.0 Å². The molecular weight excluding hydrogens is 440 g/mol. The minimum Gasteiger partial charge on any atom is -0.493 e. The van der Waals surface area contributed by atoms with Crippen molar-refractivity contribution in [1.82, 2.24) is 10.2 Å². The molecule has 0 spiro atoms. The normalized spacial score (nSPS) is 13.1. The van der Waals surface area contributed by atoms with E-state index in [4.69, 9.17) is 14.2 Å². The molecule has 10 nitrogen and oxygen atoms in total. The van der Waals surface area contributed by atoms with E-state index in [1.165, 1.54) is 32.2 Å². The fourth-order valence-corrected chi connectivity index (χ4v) is 3.45. The van der Waals surface area contributed by atoms with Gasteiger partial charge in [0.25, 0.3) is 5.91 Å². The van der Waals surface area contributed by atoms with Crippen molar-refractivity contribution in [3.63, 3.8) is 0 Å². The van der Waals surface area contributed by atoms with Crippen LogP contribution in [0.2, 0.25) is 0 Å². The number of ether oxygens (including phenoxy) is 3. The lowest BCUT2D eigenvalue weighted by Crippen LogP contribution is -2.41. The van der Waals surface area contributed by atoms with E-state index in [-0.39, 0.29) is 19.0 Å². The van der Waals surface area contributed by atoms with Crippen LogP contribution in [0.4, 0.5) is 11.4 Å². The van der Waals surface area contributed by atoms with Crippen molar-refractivity contribution in [1.29, 1.82) is 0 Å². The summed E-state index contributed by atoms with van der Waals surface area (Å²) in [5.74, 6) is -0.259. The van der Waals surface area contributed by atoms with Gasteiger partial charge < -0.3 is 34.6 Å². The number of hydrogen-bond acceptors (Lipinski definition) is 7. The minimum absolute atomic E-state index is 0.143. The molecule has 182 valence electrons. The zero-order chi connectivity index (χ0) is 24.5. The highest BCUT2D eigenvalue weighted by molar-refractivity contribution is 5.98. The molecule has 0 aliphatic carbocycles. The molecule has 3 rings (SSSR count). The van der Waals surface area contributed by atoms with E-state index in [2.05, 4.69) is 15.5 Å². The van der Waals surface area contributed by atoms with Crippen LogP contribution in [0.1, 0.15) is 10.4 Å². The average molecular weight is 471 g/mol. The zero-order valence-electron chi connectivity index (χ0n) is 19.6. The van der Waals surface area contributed by atoms with Crippen molar-refractivity contribution < 1.29 is 28.6 Å². The van der Waals surface area contributed by atoms with E-state index in [0.717, 1.165) is 18.8 Å². The second kappa shape index (κ2) is 11.9. The summed E-state index contributed by atoms with van der Waals surface area (Å²) in [5.41, 5.74) is 2.04. The number of anilines is 2. The Morgan fingerprint density at radius 3 is 2.32 bits per heavy atom. The third kappa shape index (κ3) is 6.61. The minimum atomic E-state index is -0.437. The topological polar surface area (TPSA) is 109 Å². The van der Waals surface area contributed by atoms with Crippen molar-refractivity contribution >= 4 is 29.1 Å². The van der Waals surface area contributed by atoms with Crippen LogP contribution in [0.5, 0.6) is 11.5 Å². The van der Waals surface area contributed by atoms with E-state index in [1.807, 2.05) is 24.3 Å². The third-order valence-electron chi connectivity index (χ3n) is 5.38. The molecule has 1 aliphatic heterocycles. The SMILES string of the molecule is COc1ccc(C(=O)NCC(=O)N(C)CC(=O)Nc2ccc(N3CCOCC3)cc2)cc1OC. The second-order valence-corrected chi connectivity index (χ2v) is 7.70. The highest BCUT2D eigenvalue weighted by Crippen LogP contribution is 2.27. The zero-order valence-corrected chi connectivity index (χ0v) is 19.6. The summed E-state index contributed by atoms with van der Waals surface area (Å²) in [7, 11) is 4.48. The van der Waals surface area contributed by atoms with E-state index in [1.54, 1.807) is 12.1 Å². The number of carbonyl (C=O) groups is 3. The molecule has 1 heterocycles. The predicted octanol–water partition coefficient (Wildman–Crippen LogP) is 1.37. The molecule has 1 saturated heterocycles. The van der Waals surface area contributed by atoms with Gasteiger partial charge in [-0.15, -0.1) is 0 Å². The summed E-state index contributed by atoms with van der Waals surface area (Å²) >= 11 is 0. The lowest BCUT2D eigenvalue weighted by molar-refractivity contribution is -0.132. The maximum Gasteiger partial charge on any atom is 0.251 e. The second-order valence-electron chi connectivity index (χ2n) is 7.70. The molecule has 0 aromatic heterocycles. The number of likely N-dealkylation sites (N-methyl/N-ethyl adjacent to an activating group) is 1. The fraction of sp³-hybridized carbons (Fsp3) is 0.375. The largest absolute Gasteiger partial charge is 0.493 e. The number of benzene rings is 2. The van der Waals surface area contributed by atoms with Crippen molar-refractivity contribution in [3.8, 4) is 11.5 Å². The lowest BCUT2D eigenvalue weighted by Gasteiger charge is -2.28. The Morgan fingerprint density at radius 1 is 1.00 bits per heavy atom. The highest BCUT2D eigenvalue weighted by Gasteiger charge is 2.16. The summed E-state index contributed by atoms with van der Waals surface area (Å²) in [6.07, 6.45) is 0. The quantitative estimate of drug-likeness (QED) is 0.570. The Labute approximate surface area is 198 Å². The van der Waals surface area contributed by atoms with Gasteiger partial charge in [-0.25, -0.2) is 0 Å². The first-order valence-electron chi connectivity index (χ1n) is 10.9. The Morgan fingerprint density at radius 2 is 1.68 bits per heavy atom. The monoisotopic (exact) mass is 470 g/mol. The molecule has 10 heteroatoms. The van der Waals surface area contributed by atoms with Crippen LogP contribution in [0.3, 0.4) is 0 Å². The van der Waals surface area contributed by atoms with Crippen LogP contribution in [-0.4, -0.2) is 83.3 Å². The average Bonchev–Trinajstić information content (AvgIpc) is 2.87. The van der Waals surface area contributed by atoms with Crippen LogP contribution in [0, 0.1) is 0 Å². The summed E-state index contributed by atoms with van der Waals surface area (Å²) in [6, 6.07) is 12.3. The fourth-order valence-electron chi connectivity index (χ4n) is 3.45. The Bertz CT molecular complexity index is 1010. The molecule has 0 atom stereocenters. The van der Waals surface area contributed by atoms with Gasteiger partial charge in [-0.2, -0.15) is 0 Å². The Kier molecular flexibility index (Phi) is 8.69. The number of methoxy groups -OCH3 is 2. The molecule has 2 aromatic rings. The summed E-state index contributed by atoms with van der Waals surface area (Å²) < 4.78 is 15.7. The first-order chi connectivity index (χ1) is 16.4. The van der Waals surface area contributed by atoms with Crippen molar-refractivity contribution in [2.24, 2.45) is 0 Å². The van der Waals surface area contributed by atoms with Crippen molar-refractivity contribution in [2.45, 2.75) is 0 Å². The predicted molar refractivity (Wildman–Crippen MR) is 128 cm³/mol. The first kappa shape index (κ1) is 24.8. The van der Waals surface area contributed by atoms with E-state index in [9.17, 15) is 14.4 Å². The summed E-state index contributed by atoms with van der Waals surface area (Å²) in [5, 5.41) is 5.34. The first-order valence-corrected chi connectivity index (χ1v) is 10.9. The maximum absolute atomic E-state index is 12.4.